The van der Waals surface area contributed by atoms with Crippen LogP contribution in [0.3, 0.4) is 0 Å². The Balaban J connectivity index is 4.43. The van der Waals surface area contributed by atoms with Gasteiger partial charge in [-0.25, -0.2) is 4.79 Å². The predicted octanol–water partition coefficient (Wildman–Crippen LogP) is 6.25. The summed E-state index contributed by atoms with van der Waals surface area (Å²) >= 11 is 0. The average molecular weight is 558 g/mol. The highest BCUT2D eigenvalue weighted by Gasteiger charge is 2.25. The molecule has 0 spiro atoms. The first-order valence-electron chi connectivity index (χ1n) is 15.8. The van der Waals surface area contributed by atoms with Crippen molar-refractivity contribution in [3.63, 3.8) is 0 Å². The van der Waals surface area contributed by atoms with E-state index in [9.17, 15) is 14.4 Å². The number of ether oxygens (including phenoxy) is 2. The zero-order valence-corrected chi connectivity index (χ0v) is 25.8. The molecule has 1 unspecified atom stereocenters. The second-order valence-corrected chi connectivity index (χ2v) is 11.6. The lowest BCUT2D eigenvalue weighted by atomic mass is 10.1. The summed E-state index contributed by atoms with van der Waals surface area (Å²) in [7, 11) is 3.73. The van der Waals surface area contributed by atoms with Gasteiger partial charge >= 0.3 is 17.9 Å². The summed E-state index contributed by atoms with van der Waals surface area (Å²) in [6.45, 7) is 6.35. The first-order valence-corrected chi connectivity index (χ1v) is 15.8. The molecule has 0 aliphatic heterocycles. The van der Waals surface area contributed by atoms with E-state index in [2.05, 4.69) is 19.2 Å². The van der Waals surface area contributed by atoms with Crippen molar-refractivity contribution in [1.29, 1.82) is 0 Å². The molecule has 0 radical (unpaired) electrons. The summed E-state index contributed by atoms with van der Waals surface area (Å²) < 4.78 is 11.3. The van der Waals surface area contributed by atoms with Crippen molar-refractivity contribution in [2.24, 2.45) is 0 Å². The van der Waals surface area contributed by atoms with Crippen LogP contribution >= 0.6 is 0 Å². The van der Waals surface area contributed by atoms with Gasteiger partial charge in [0.05, 0.1) is 40.3 Å². The molecule has 0 aliphatic carbocycles. The van der Waals surface area contributed by atoms with E-state index >= 15 is 0 Å². The van der Waals surface area contributed by atoms with Crippen molar-refractivity contribution in [1.82, 2.24) is 5.32 Å². The van der Waals surface area contributed by atoms with Crippen LogP contribution in [0.4, 0.5) is 0 Å². The fourth-order valence-electron chi connectivity index (χ4n) is 4.62. The number of hydrogen-bond acceptors (Lipinski definition) is 6. The standard InChI is InChI=1S/C31H60N2O6/c1-5-7-9-11-13-15-17-19-24-38-30(36)26-28(32-22-21-23-33(3,4)27-29(34)35)31(37)39-25-20-18-16-14-12-10-8-6-2/h28,32H,5-27H2,1-4H3/p+1. The molecular formula is C31H61N2O6+. The smallest absolute Gasteiger partial charge is 0.359 e. The van der Waals surface area contributed by atoms with Crippen molar-refractivity contribution >= 4 is 17.9 Å². The number of carboxylic acids is 1. The molecule has 8 heteroatoms. The van der Waals surface area contributed by atoms with Gasteiger partial charge in [0.25, 0.3) is 0 Å². The van der Waals surface area contributed by atoms with Crippen molar-refractivity contribution < 1.29 is 33.4 Å². The molecule has 0 aromatic rings. The Morgan fingerprint density at radius 1 is 0.692 bits per heavy atom. The van der Waals surface area contributed by atoms with Crippen LogP contribution in [0.25, 0.3) is 0 Å². The number of likely N-dealkylation sites (N-methyl/N-ethyl adjacent to an activating group) is 1. The topological polar surface area (TPSA) is 102 Å². The van der Waals surface area contributed by atoms with Crippen LogP contribution < -0.4 is 5.32 Å². The number of carboxylic acid groups (broad SMARTS) is 1. The van der Waals surface area contributed by atoms with Crippen molar-refractivity contribution in [3.05, 3.63) is 0 Å². The first-order chi connectivity index (χ1) is 18.7. The number of unbranched alkanes of at least 4 members (excludes halogenated alkanes) is 14. The monoisotopic (exact) mass is 557 g/mol. The molecule has 0 bridgehead atoms. The largest absolute Gasteiger partial charge is 0.477 e. The zero-order chi connectivity index (χ0) is 29.2. The van der Waals surface area contributed by atoms with Gasteiger partial charge < -0.3 is 24.4 Å². The first kappa shape index (κ1) is 37.3. The lowest BCUT2D eigenvalue weighted by Gasteiger charge is -2.28. The lowest BCUT2D eigenvalue weighted by Crippen LogP contribution is -2.46. The van der Waals surface area contributed by atoms with E-state index in [1.54, 1.807) is 0 Å². The highest BCUT2D eigenvalue weighted by molar-refractivity contribution is 5.82. The molecule has 0 aliphatic rings. The normalized spacial score (nSPS) is 12.3. The molecule has 0 fully saturated rings. The second kappa shape index (κ2) is 25.3. The quantitative estimate of drug-likeness (QED) is 0.0665. The Labute approximate surface area is 239 Å². The van der Waals surface area contributed by atoms with Gasteiger partial charge in [-0.05, 0) is 12.8 Å². The van der Waals surface area contributed by atoms with Gasteiger partial charge in [-0.15, -0.1) is 0 Å². The third-order valence-corrected chi connectivity index (χ3v) is 7.05. The third-order valence-electron chi connectivity index (χ3n) is 7.05. The van der Waals surface area contributed by atoms with Crippen molar-refractivity contribution in [2.45, 2.75) is 135 Å². The Hall–Kier alpha value is -1.67. The van der Waals surface area contributed by atoms with E-state index in [1.165, 1.54) is 64.2 Å². The highest BCUT2D eigenvalue weighted by atomic mass is 16.5. The number of quaternary nitrogens is 1. The maximum Gasteiger partial charge on any atom is 0.359 e. The summed E-state index contributed by atoms with van der Waals surface area (Å²) in [5.41, 5.74) is 0. The number of hydrogen-bond donors (Lipinski definition) is 2. The molecule has 0 saturated heterocycles. The fourth-order valence-corrected chi connectivity index (χ4v) is 4.62. The van der Waals surface area contributed by atoms with Crippen LogP contribution in [-0.4, -0.2) is 80.5 Å². The number of carbonyl (C=O) groups excluding carboxylic acids is 2. The maximum atomic E-state index is 12.8. The van der Waals surface area contributed by atoms with Crippen LogP contribution in [0.5, 0.6) is 0 Å². The third kappa shape index (κ3) is 25.1. The molecule has 39 heavy (non-hydrogen) atoms. The summed E-state index contributed by atoms with van der Waals surface area (Å²) in [4.78, 5) is 36.3. The van der Waals surface area contributed by atoms with Gasteiger partial charge in [0.1, 0.15) is 6.04 Å². The van der Waals surface area contributed by atoms with Crippen LogP contribution in [0.1, 0.15) is 129 Å². The van der Waals surface area contributed by atoms with Crippen LogP contribution in [0.2, 0.25) is 0 Å². The number of nitrogens with zero attached hydrogens (tertiary/aromatic N) is 1. The van der Waals surface area contributed by atoms with Crippen LogP contribution in [-0.2, 0) is 23.9 Å². The van der Waals surface area contributed by atoms with Gasteiger partial charge in [0, 0.05) is 13.0 Å². The summed E-state index contributed by atoms with van der Waals surface area (Å²) in [6.07, 6.45) is 19.4. The summed E-state index contributed by atoms with van der Waals surface area (Å²) in [5.74, 6) is -1.64. The Kier molecular flexibility index (Phi) is 24.2. The molecule has 0 aromatic heterocycles. The van der Waals surface area contributed by atoms with Crippen LogP contribution in [0, 0.1) is 0 Å². The number of carbonyl (C=O) groups is 3. The predicted molar refractivity (Wildman–Crippen MR) is 158 cm³/mol. The fraction of sp³-hybridized carbons (Fsp3) is 0.903. The van der Waals surface area contributed by atoms with E-state index < -0.39 is 18.0 Å². The molecule has 8 nitrogen and oxygen atoms in total. The highest BCUT2D eigenvalue weighted by Crippen LogP contribution is 2.10. The number of esters is 2. The van der Waals surface area contributed by atoms with E-state index in [0.717, 1.165) is 38.5 Å². The second-order valence-electron chi connectivity index (χ2n) is 11.6. The van der Waals surface area contributed by atoms with Gasteiger partial charge in [-0.3, -0.25) is 9.59 Å². The summed E-state index contributed by atoms with van der Waals surface area (Å²) in [5, 5.41) is 12.2. The van der Waals surface area contributed by atoms with E-state index in [0.29, 0.717) is 37.2 Å². The minimum Gasteiger partial charge on any atom is -0.477 e. The van der Waals surface area contributed by atoms with Gasteiger partial charge in [-0.1, -0.05) is 104 Å². The van der Waals surface area contributed by atoms with Crippen molar-refractivity contribution in [2.75, 3.05) is 46.9 Å². The Morgan fingerprint density at radius 3 is 1.64 bits per heavy atom. The van der Waals surface area contributed by atoms with Crippen LogP contribution in [0.15, 0.2) is 0 Å². The molecule has 0 saturated carbocycles. The summed E-state index contributed by atoms with van der Waals surface area (Å²) in [6, 6.07) is -0.750. The number of rotatable bonds is 28. The minimum absolute atomic E-state index is 0.0368. The van der Waals surface area contributed by atoms with Gasteiger partial charge in [0.15, 0.2) is 6.54 Å². The molecule has 2 N–H and O–H groups in total. The minimum atomic E-state index is -0.838. The van der Waals surface area contributed by atoms with Gasteiger partial charge in [0.2, 0.25) is 0 Å². The molecule has 1 atom stereocenters. The Morgan fingerprint density at radius 2 is 1.15 bits per heavy atom. The number of nitrogens with one attached hydrogen (secondary N) is 1. The molecule has 0 rings (SSSR count). The van der Waals surface area contributed by atoms with E-state index in [1.807, 2.05) is 14.1 Å². The van der Waals surface area contributed by atoms with E-state index in [4.69, 9.17) is 14.6 Å². The molecule has 0 aromatic carbocycles. The molecule has 230 valence electrons. The van der Waals surface area contributed by atoms with Gasteiger partial charge in [-0.2, -0.15) is 0 Å². The zero-order valence-electron chi connectivity index (χ0n) is 25.8. The molecule has 0 heterocycles. The number of aliphatic carboxylic acids is 1. The average Bonchev–Trinajstić information content (AvgIpc) is 2.87. The van der Waals surface area contributed by atoms with E-state index in [-0.39, 0.29) is 18.9 Å². The molecular weight excluding hydrogens is 496 g/mol. The lowest BCUT2D eigenvalue weighted by molar-refractivity contribution is -0.883. The Bertz CT molecular complexity index is 626. The SMILES string of the molecule is CCCCCCCCCCOC(=O)CC(NCCC[N+](C)(C)CC(=O)O)C(=O)OCCCCCCCCCC. The maximum absolute atomic E-state index is 12.8. The van der Waals surface area contributed by atoms with Crippen molar-refractivity contribution in [3.8, 4) is 0 Å². The molecule has 0 amide bonds.